The third-order valence-corrected chi connectivity index (χ3v) is 4.87. The SMILES string of the molecule is O=C([O-])CN1CCn2c3c(c4cccc(c42)C1)CCCC3. The van der Waals surface area contributed by atoms with Crippen LogP contribution in [-0.2, 0) is 30.7 Å². The van der Waals surface area contributed by atoms with Gasteiger partial charge < -0.3 is 14.5 Å². The number of hydrogen-bond acceptors (Lipinski definition) is 3. The topological polar surface area (TPSA) is 48.3 Å². The minimum Gasteiger partial charge on any atom is -0.549 e. The van der Waals surface area contributed by atoms with Gasteiger partial charge in [-0.1, -0.05) is 18.2 Å². The summed E-state index contributed by atoms with van der Waals surface area (Å²) in [5.41, 5.74) is 5.61. The molecule has 0 N–H and O–H groups in total. The molecule has 1 aliphatic heterocycles. The van der Waals surface area contributed by atoms with Crippen LogP contribution in [0.1, 0.15) is 29.7 Å². The minimum atomic E-state index is -0.990. The highest BCUT2D eigenvalue weighted by Crippen LogP contribution is 2.35. The van der Waals surface area contributed by atoms with Crippen molar-refractivity contribution < 1.29 is 9.90 Å². The molecule has 0 saturated heterocycles. The van der Waals surface area contributed by atoms with Crippen LogP contribution in [0.3, 0.4) is 0 Å². The average Bonchev–Trinajstić information content (AvgIpc) is 2.67. The van der Waals surface area contributed by atoms with Crippen LogP contribution in [0.2, 0.25) is 0 Å². The highest BCUT2D eigenvalue weighted by molar-refractivity contribution is 5.88. The van der Waals surface area contributed by atoms with Crippen molar-refractivity contribution in [1.29, 1.82) is 0 Å². The van der Waals surface area contributed by atoms with Crippen molar-refractivity contribution >= 4 is 16.9 Å². The number of carbonyl (C=O) groups is 1. The van der Waals surface area contributed by atoms with Gasteiger partial charge in [0.05, 0.1) is 11.5 Å². The van der Waals surface area contributed by atoms with Crippen LogP contribution in [-0.4, -0.2) is 28.5 Å². The number of carbonyl (C=O) groups excluding carboxylic acids is 1. The van der Waals surface area contributed by atoms with Crippen molar-refractivity contribution in [1.82, 2.24) is 9.47 Å². The molecule has 0 fully saturated rings. The standard InChI is InChI=1S/C17H20N2O2/c20-16(21)11-18-8-9-19-15-7-2-1-5-13(15)14-6-3-4-12(10-18)17(14)19/h3-4,6H,1-2,5,7-11H2,(H,20,21)/p-1. The van der Waals surface area contributed by atoms with Crippen LogP contribution in [0.5, 0.6) is 0 Å². The molecule has 0 saturated carbocycles. The fourth-order valence-corrected chi connectivity index (χ4v) is 4.02. The van der Waals surface area contributed by atoms with Crippen molar-refractivity contribution in [2.45, 2.75) is 38.8 Å². The van der Waals surface area contributed by atoms with Gasteiger partial charge in [0.2, 0.25) is 0 Å². The normalized spacial score (nSPS) is 18.5. The number of carboxylic acid groups (broad SMARTS) is 1. The quantitative estimate of drug-likeness (QED) is 0.829. The van der Waals surface area contributed by atoms with E-state index in [1.54, 1.807) is 0 Å². The van der Waals surface area contributed by atoms with Crippen LogP contribution in [0, 0.1) is 0 Å². The minimum absolute atomic E-state index is 0.0173. The van der Waals surface area contributed by atoms with Gasteiger partial charge in [-0.05, 0) is 36.8 Å². The van der Waals surface area contributed by atoms with Crippen LogP contribution in [0.25, 0.3) is 10.9 Å². The van der Waals surface area contributed by atoms with E-state index in [2.05, 4.69) is 22.8 Å². The highest BCUT2D eigenvalue weighted by Gasteiger charge is 2.24. The van der Waals surface area contributed by atoms with Crippen molar-refractivity contribution in [3.63, 3.8) is 0 Å². The zero-order valence-electron chi connectivity index (χ0n) is 12.1. The van der Waals surface area contributed by atoms with Crippen LogP contribution in [0.15, 0.2) is 18.2 Å². The van der Waals surface area contributed by atoms with Crippen LogP contribution < -0.4 is 5.11 Å². The molecule has 0 atom stereocenters. The number of carboxylic acids is 1. The second-order valence-corrected chi connectivity index (χ2v) is 6.18. The molecule has 2 heterocycles. The molecule has 0 spiro atoms. The molecule has 1 aromatic heterocycles. The summed E-state index contributed by atoms with van der Waals surface area (Å²) in [5.74, 6) is -0.990. The lowest BCUT2D eigenvalue weighted by Crippen LogP contribution is -2.38. The summed E-state index contributed by atoms with van der Waals surface area (Å²) in [6, 6.07) is 6.48. The van der Waals surface area contributed by atoms with Gasteiger partial charge in [0.25, 0.3) is 0 Å². The first-order valence-corrected chi connectivity index (χ1v) is 7.78. The zero-order chi connectivity index (χ0) is 14.4. The van der Waals surface area contributed by atoms with Gasteiger partial charge in [0.1, 0.15) is 0 Å². The van der Waals surface area contributed by atoms with Gasteiger partial charge in [-0.2, -0.15) is 0 Å². The van der Waals surface area contributed by atoms with Crippen molar-refractivity contribution in [2.75, 3.05) is 13.1 Å². The molecule has 110 valence electrons. The Labute approximate surface area is 124 Å². The Morgan fingerprint density at radius 3 is 2.90 bits per heavy atom. The molecular formula is C17H19N2O2-. The van der Waals surface area contributed by atoms with Gasteiger partial charge in [-0.3, -0.25) is 4.90 Å². The fraction of sp³-hybridized carbons (Fsp3) is 0.471. The van der Waals surface area contributed by atoms with Crippen molar-refractivity contribution in [3.8, 4) is 0 Å². The van der Waals surface area contributed by atoms with E-state index < -0.39 is 5.97 Å². The van der Waals surface area contributed by atoms with Gasteiger partial charge in [0.15, 0.2) is 0 Å². The van der Waals surface area contributed by atoms with E-state index in [4.69, 9.17) is 0 Å². The third kappa shape index (κ3) is 2.05. The van der Waals surface area contributed by atoms with E-state index in [-0.39, 0.29) is 6.54 Å². The first-order chi connectivity index (χ1) is 10.2. The Bertz CT molecular complexity index is 717. The first-order valence-electron chi connectivity index (χ1n) is 7.78. The molecule has 4 heteroatoms. The summed E-state index contributed by atoms with van der Waals surface area (Å²) in [6.45, 7) is 2.38. The number of nitrogens with zero attached hydrogens (tertiary/aromatic N) is 2. The number of aryl methyl sites for hydroxylation is 1. The Morgan fingerprint density at radius 1 is 1.19 bits per heavy atom. The highest BCUT2D eigenvalue weighted by atomic mass is 16.4. The van der Waals surface area contributed by atoms with Crippen LogP contribution in [0.4, 0.5) is 0 Å². The lowest BCUT2D eigenvalue weighted by molar-refractivity contribution is -0.306. The molecule has 2 aliphatic rings. The van der Waals surface area contributed by atoms with Gasteiger partial charge >= 0.3 is 0 Å². The number of aromatic nitrogens is 1. The molecule has 2 aromatic rings. The molecule has 21 heavy (non-hydrogen) atoms. The van der Waals surface area contributed by atoms with E-state index in [1.807, 2.05) is 4.90 Å². The van der Waals surface area contributed by atoms with Gasteiger partial charge in [0, 0.05) is 37.3 Å². The summed E-state index contributed by atoms with van der Waals surface area (Å²) in [6.07, 6.45) is 4.89. The maximum Gasteiger partial charge on any atom is 0.0555 e. The summed E-state index contributed by atoms with van der Waals surface area (Å²) in [4.78, 5) is 12.9. The summed E-state index contributed by atoms with van der Waals surface area (Å²) in [7, 11) is 0. The Balaban J connectivity index is 1.85. The van der Waals surface area contributed by atoms with E-state index in [9.17, 15) is 9.90 Å². The van der Waals surface area contributed by atoms with E-state index in [0.29, 0.717) is 6.54 Å². The Kier molecular flexibility index (Phi) is 3.00. The van der Waals surface area contributed by atoms with Crippen LogP contribution >= 0.6 is 0 Å². The molecule has 0 radical (unpaired) electrons. The van der Waals surface area contributed by atoms with Gasteiger partial charge in [-0.15, -0.1) is 0 Å². The van der Waals surface area contributed by atoms with E-state index in [0.717, 1.165) is 19.5 Å². The largest absolute Gasteiger partial charge is 0.549 e. The molecule has 4 nitrogen and oxygen atoms in total. The molecule has 4 rings (SSSR count). The second-order valence-electron chi connectivity index (χ2n) is 6.18. The third-order valence-electron chi connectivity index (χ3n) is 4.87. The number of rotatable bonds is 2. The molecule has 0 unspecified atom stereocenters. The number of para-hydroxylation sites is 1. The average molecular weight is 283 g/mol. The fourth-order valence-electron chi connectivity index (χ4n) is 4.02. The van der Waals surface area contributed by atoms with E-state index >= 15 is 0 Å². The maximum atomic E-state index is 10.9. The van der Waals surface area contributed by atoms with Gasteiger partial charge in [-0.25, -0.2) is 0 Å². The number of benzene rings is 1. The smallest absolute Gasteiger partial charge is 0.0555 e. The zero-order valence-corrected chi connectivity index (χ0v) is 12.1. The molecular weight excluding hydrogens is 264 g/mol. The maximum absolute atomic E-state index is 10.9. The molecule has 0 amide bonds. The van der Waals surface area contributed by atoms with Crippen molar-refractivity contribution in [3.05, 3.63) is 35.0 Å². The molecule has 1 aromatic carbocycles. The first kappa shape index (κ1) is 12.9. The Hall–Kier alpha value is -1.81. The number of aliphatic carboxylic acids is 1. The summed E-state index contributed by atoms with van der Waals surface area (Å²) >= 11 is 0. The number of hydrogen-bond donors (Lipinski definition) is 0. The lowest BCUT2D eigenvalue weighted by Gasteiger charge is -2.21. The second kappa shape index (κ2) is 4.88. The summed E-state index contributed by atoms with van der Waals surface area (Å²) in [5, 5.41) is 12.3. The molecule has 1 aliphatic carbocycles. The predicted octanol–water partition coefficient (Wildman–Crippen LogP) is 1.09. The monoisotopic (exact) mass is 283 g/mol. The Morgan fingerprint density at radius 2 is 2.05 bits per heavy atom. The van der Waals surface area contributed by atoms with Crippen molar-refractivity contribution in [2.24, 2.45) is 0 Å². The summed E-state index contributed by atoms with van der Waals surface area (Å²) < 4.78 is 2.45. The molecule has 0 bridgehead atoms. The van der Waals surface area contributed by atoms with E-state index in [1.165, 1.54) is 47.0 Å². The predicted molar refractivity (Wildman–Crippen MR) is 78.9 cm³/mol. The number of fused-ring (bicyclic) bond motifs is 3. The lowest BCUT2D eigenvalue weighted by atomic mass is 9.95.